The van der Waals surface area contributed by atoms with Gasteiger partial charge < -0.3 is 5.11 Å². The van der Waals surface area contributed by atoms with E-state index in [1.54, 1.807) is 12.1 Å². The molecule has 6 heteroatoms. The summed E-state index contributed by atoms with van der Waals surface area (Å²) < 4.78 is 0.558. The van der Waals surface area contributed by atoms with Crippen LogP contribution in [-0.2, 0) is 0 Å². The molecular formula is C10H4BrCl2NO2. The number of aromatic carboxylic acids is 1. The van der Waals surface area contributed by atoms with Crippen molar-refractivity contribution in [2.75, 3.05) is 0 Å². The van der Waals surface area contributed by atoms with Gasteiger partial charge in [-0.25, -0.2) is 9.78 Å². The third-order valence-electron chi connectivity index (χ3n) is 2.09. The molecule has 0 amide bonds. The number of carbonyl (C=O) groups is 1. The molecular weight excluding hydrogens is 317 g/mol. The Morgan fingerprint density at radius 3 is 2.75 bits per heavy atom. The third-order valence-corrected chi connectivity index (χ3v) is 3.52. The van der Waals surface area contributed by atoms with Gasteiger partial charge in [-0.3, -0.25) is 0 Å². The van der Waals surface area contributed by atoms with Gasteiger partial charge >= 0.3 is 5.97 Å². The molecule has 2 rings (SSSR count). The Morgan fingerprint density at radius 2 is 2.12 bits per heavy atom. The van der Waals surface area contributed by atoms with Gasteiger partial charge in [0, 0.05) is 21.4 Å². The first kappa shape index (κ1) is 11.6. The average Bonchev–Trinajstić information content (AvgIpc) is 2.25. The molecule has 0 radical (unpaired) electrons. The highest BCUT2D eigenvalue weighted by Crippen LogP contribution is 2.36. The molecule has 2 aromatic rings. The van der Waals surface area contributed by atoms with E-state index in [0.717, 1.165) is 0 Å². The fourth-order valence-electron chi connectivity index (χ4n) is 1.42. The number of carboxylic acids is 1. The predicted molar refractivity (Wildman–Crippen MR) is 66.4 cm³/mol. The fraction of sp³-hybridized carbons (Fsp3) is 0. The van der Waals surface area contributed by atoms with Crippen LogP contribution in [0, 0.1) is 0 Å². The highest BCUT2D eigenvalue weighted by Gasteiger charge is 2.16. The van der Waals surface area contributed by atoms with Crippen molar-refractivity contribution in [3.63, 3.8) is 0 Å². The molecule has 1 aromatic heterocycles. The first-order valence-corrected chi connectivity index (χ1v) is 5.72. The summed E-state index contributed by atoms with van der Waals surface area (Å²) in [5, 5.41) is 10.7. The van der Waals surface area contributed by atoms with Crippen molar-refractivity contribution in [1.82, 2.24) is 4.98 Å². The summed E-state index contributed by atoms with van der Waals surface area (Å²) in [4.78, 5) is 14.8. The molecule has 0 bridgehead atoms. The standard InChI is InChI=1S/C10H4BrCl2NO2/c11-5-3-6(12)8(13)4-1-2-14-9(7(4)5)10(15)16/h1-3H,(H,15,16). The van der Waals surface area contributed by atoms with Crippen molar-refractivity contribution in [2.24, 2.45) is 0 Å². The molecule has 1 N–H and O–H groups in total. The molecule has 1 aromatic carbocycles. The molecule has 0 aliphatic carbocycles. The number of hydrogen-bond acceptors (Lipinski definition) is 2. The molecule has 82 valence electrons. The fourth-order valence-corrected chi connectivity index (χ4v) is 2.61. The summed E-state index contributed by atoms with van der Waals surface area (Å²) in [7, 11) is 0. The van der Waals surface area contributed by atoms with Crippen molar-refractivity contribution < 1.29 is 9.90 Å². The number of carboxylic acid groups (broad SMARTS) is 1. The lowest BCUT2D eigenvalue weighted by molar-refractivity contribution is 0.0693. The number of fused-ring (bicyclic) bond motifs is 1. The van der Waals surface area contributed by atoms with E-state index in [1.165, 1.54) is 6.20 Å². The largest absolute Gasteiger partial charge is 0.476 e. The zero-order chi connectivity index (χ0) is 11.9. The van der Waals surface area contributed by atoms with Crippen molar-refractivity contribution in [2.45, 2.75) is 0 Å². The SMILES string of the molecule is O=C(O)c1nccc2c(Cl)c(Cl)cc(Br)c12. The molecule has 16 heavy (non-hydrogen) atoms. The van der Waals surface area contributed by atoms with Gasteiger partial charge in [0.2, 0.25) is 0 Å². The smallest absolute Gasteiger partial charge is 0.355 e. The second-order valence-electron chi connectivity index (χ2n) is 3.04. The van der Waals surface area contributed by atoms with Crippen LogP contribution in [-0.4, -0.2) is 16.1 Å². The van der Waals surface area contributed by atoms with E-state index in [9.17, 15) is 4.79 Å². The van der Waals surface area contributed by atoms with Crippen LogP contribution in [0.2, 0.25) is 10.0 Å². The second kappa shape index (κ2) is 4.20. The van der Waals surface area contributed by atoms with E-state index < -0.39 is 5.97 Å². The average molecular weight is 321 g/mol. The lowest BCUT2D eigenvalue weighted by Gasteiger charge is -2.07. The topological polar surface area (TPSA) is 50.2 Å². The van der Waals surface area contributed by atoms with Gasteiger partial charge in [-0.15, -0.1) is 0 Å². The summed E-state index contributed by atoms with van der Waals surface area (Å²) in [5.41, 5.74) is -0.0528. The normalized spacial score (nSPS) is 10.7. The van der Waals surface area contributed by atoms with E-state index in [0.29, 0.717) is 25.3 Å². The number of hydrogen-bond donors (Lipinski definition) is 1. The minimum atomic E-state index is -1.11. The number of halogens is 3. The van der Waals surface area contributed by atoms with Gasteiger partial charge in [-0.2, -0.15) is 0 Å². The van der Waals surface area contributed by atoms with Crippen LogP contribution in [0.4, 0.5) is 0 Å². The van der Waals surface area contributed by atoms with Crippen LogP contribution in [0.3, 0.4) is 0 Å². The zero-order valence-electron chi connectivity index (χ0n) is 7.67. The quantitative estimate of drug-likeness (QED) is 0.808. The van der Waals surface area contributed by atoms with E-state index in [1.807, 2.05) is 0 Å². The minimum absolute atomic E-state index is 0.0528. The lowest BCUT2D eigenvalue weighted by Crippen LogP contribution is -2.01. The van der Waals surface area contributed by atoms with Crippen LogP contribution in [0.25, 0.3) is 10.8 Å². The molecule has 0 atom stereocenters. The van der Waals surface area contributed by atoms with E-state index >= 15 is 0 Å². The first-order valence-electron chi connectivity index (χ1n) is 4.18. The number of nitrogens with zero attached hydrogens (tertiary/aromatic N) is 1. The number of pyridine rings is 1. The number of aromatic nitrogens is 1. The summed E-state index contributed by atoms with van der Waals surface area (Å²) in [6.07, 6.45) is 1.39. The maximum absolute atomic E-state index is 11.0. The molecule has 0 saturated carbocycles. The molecule has 0 saturated heterocycles. The van der Waals surface area contributed by atoms with Crippen molar-refractivity contribution in [3.8, 4) is 0 Å². The lowest BCUT2D eigenvalue weighted by atomic mass is 10.1. The van der Waals surface area contributed by atoms with E-state index in [2.05, 4.69) is 20.9 Å². The van der Waals surface area contributed by atoms with Gasteiger partial charge in [-0.05, 0) is 12.1 Å². The van der Waals surface area contributed by atoms with Crippen LogP contribution in [0.15, 0.2) is 22.8 Å². The highest BCUT2D eigenvalue weighted by atomic mass is 79.9. The predicted octanol–water partition coefficient (Wildman–Crippen LogP) is 4.00. The Bertz CT molecular complexity index is 601. The Hall–Kier alpha value is -0.840. The second-order valence-corrected chi connectivity index (χ2v) is 4.68. The van der Waals surface area contributed by atoms with Gasteiger partial charge in [0.15, 0.2) is 5.69 Å². The molecule has 0 spiro atoms. The van der Waals surface area contributed by atoms with Gasteiger partial charge in [0.05, 0.1) is 10.0 Å². The minimum Gasteiger partial charge on any atom is -0.476 e. The highest BCUT2D eigenvalue weighted by molar-refractivity contribution is 9.10. The Balaban J connectivity index is 2.99. The maximum atomic E-state index is 11.0. The molecule has 0 fully saturated rings. The van der Waals surface area contributed by atoms with Gasteiger partial charge in [0.1, 0.15) is 0 Å². The van der Waals surface area contributed by atoms with Crippen LogP contribution in [0.5, 0.6) is 0 Å². The Morgan fingerprint density at radius 1 is 1.44 bits per heavy atom. The Kier molecular flexibility index (Phi) is 3.06. The van der Waals surface area contributed by atoms with Gasteiger partial charge in [0.25, 0.3) is 0 Å². The summed E-state index contributed by atoms with van der Waals surface area (Å²) >= 11 is 15.2. The summed E-state index contributed by atoms with van der Waals surface area (Å²) in [6.45, 7) is 0. The molecule has 0 unspecified atom stereocenters. The summed E-state index contributed by atoms with van der Waals surface area (Å²) in [5.74, 6) is -1.11. The first-order chi connectivity index (χ1) is 7.52. The molecule has 0 aliphatic rings. The van der Waals surface area contributed by atoms with Crippen molar-refractivity contribution in [1.29, 1.82) is 0 Å². The molecule has 0 aliphatic heterocycles. The molecule has 3 nitrogen and oxygen atoms in total. The number of rotatable bonds is 1. The number of benzene rings is 1. The van der Waals surface area contributed by atoms with Crippen molar-refractivity contribution in [3.05, 3.63) is 38.5 Å². The Labute approximate surface area is 109 Å². The third kappa shape index (κ3) is 1.77. The van der Waals surface area contributed by atoms with Crippen LogP contribution in [0.1, 0.15) is 10.5 Å². The maximum Gasteiger partial charge on any atom is 0.355 e. The van der Waals surface area contributed by atoms with Gasteiger partial charge in [-0.1, -0.05) is 39.1 Å². The molecule has 1 heterocycles. The van der Waals surface area contributed by atoms with E-state index in [-0.39, 0.29) is 5.69 Å². The van der Waals surface area contributed by atoms with Crippen LogP contribution >= 0.6 is 39.1 Å². The van der Waals surface area contributed by atoms with Crippen molar-refractivity contribution >= 4 is 55.9 Å². The zero-order valence-corrected chi connectivity index (χ0v) is 10.8. The monoisotopic (exact) mass is 319 g/mol. The summed E-state index contributed by atoms with van der Waals surface area (Å²) in [6, 6.07) is 3.18. The van der Waals surface area contributed by atoms with E-state index in [4.69, 9.17) is 28.3 Å². The van der Waals surface area contributed by atoms with Crippen LogP contribution < -0.4 is 0 Å².